The third-order valence-electron chi connectivity index (χ3n) is 4.90. The van der Waals surface area contributed by atoms with Crippen LogP contribution in [0, 0.1) is 16.7 Å². The zero-order valence-corrected chi connectivity index (χ0v) is 11.0. The summed E-state index contributed by atoms with van der Waals surface area (Å²) < 4.78 is 4.06. The monoisotopic (exact) mass is 237 g/mol. The molecule has 0 spiro atoms. The number of hydrogen-bond acceptors (Lipinski definition) is 4. The van der Waals surface area contributed by atoms with Crippen LogP contribution < -0.4 is 5.32 Å². The third kappa shape index (κ3) is 1.32. The van der Waals surface area contributed by atoms with Crippen LogP contribution in [-0.2, 0) is 0 Å². The molecular weight excluding hydrogens is 218 g/mol. The van der Waals surface area contributed by atoms with Crippen molar-refractivity contribution in [3.05, 3.63) is 6.33 Å². The van der Waals surface area contributed by atoms with E-state index in [0.29, 0.717) is 16.9 Å². The first-order valence-corrected chi connectivity index (χ1v) is 6.83. The van der Waals surface area contributed by atoms with Crippen molar-refractivity contribution in [2.45, 2.75) is 46.1 Å². The van der Waals surface area contributed by atoms with Gasteiger partial charge in [-0.3, -0.25) is 0 Å². The first-order chi connectivity index (χ1) is 7.52. The van der Waals surface area contributed by atoms with Gasteiger partial charge in [0, 0.05) is 17.6 Å². The third-order valence-corrected chi connectivity index (χ3v) is 5.49. The summed E-state index contributed by atoms with van der Waals surface area (Å²) in [5.41, 5.74) is 0.846. The van der Waals surface area contributed by atoms with Gasteiger partial charge in [0.15, 0.2) is 0 Å². The van der Waals surface area contributed by atoms with Gasteiger partial charge in [-0.05, 0) is 36.0 Å². The first kappa shape index (κ1) is 10.5. The van der Waals surface area contributed by atoms with Crippen molar-refractivity contribution in [3.63, 3.8) is 0 Å². The molecule has 1 aromatic rings. The standard InChI is InChI=1S/C12H19N3S/c1-11(2)8-4-5-12(3,6-8)9(11)15-10-13-7-14-16-10/h7-9H,4-6H2,1-3H3,(H,13,14,15). The summed E-state index contributed by atoms with van der Waals surface area (Å²) >= 11 is 1.46. The molecule has 0 aliphatic heterocycles. The van der Waals surface area contributed by atoms with Crippen molar-refractivity contribution in [2.75, 3.05) is 5.32 Å². The molecule has 0 radical (unpaired) electrons. The minimum Gasteiger partial charge on any atom is -0.356 e. The first-order valence-electron chi connectivity index (χ1n) is 6.06. The van der Waals surface area contributed by atoms with Crippen molar-refractivity contribution in [1.29, 1.82) is 0 Å². The average Bonchev–Trinajstić information content (AvgIpc) is 2.85. The zero-order chi connectivity index (χ0) is 11.4. The Morgan fingerprint density at radius 1 is 1.44 bits per heavy atom. The number of fused-ring (bicyclic) bond motifs is 2. The number of aromatic nitrogens is 2. The fourth-order valence-electron chi connectivity index (χ4n) is 4.02. The largest absolute Gasteiger partial charge is 0.356 e. The lowest BCUT2D eigenvalue weighted by atomic mass is 9.68. The van der Waals surface area contributed by atoms with Gasteiger partial charge >= 0.3 is 0 Å². The second kappa shape index (κ2) is 3.19. The van der Waals surface area contributed by atoms with Gasteiger partial charge in [-0.1, -0.05) is 20.8 Å². The fraction of sp³-hybridized carbons (Fsp3) is 0.833. The predicted octanol–water partition coefficient (Wildman–Crippen LogP) is 3.16. The predicted molar refractivity (Wildman–Crippen MR) is 66.5 cm³/mol. The molecule has 2 bridgehead atoms. The molecule has 4 heteroatoms. The lowest BCUT2D eigenvalue weighted by Crippen LogP contribution is -2.45. The van der Waals surface area contributed by atoms with E-state index in [9.17, 15) is 0 Å². The smallest absolute Gasteiger partial charge is 0.202 e. The van der Waals surface area contributed by atoms with Gasteiger partial charge in [-0.25, -0.2) is 4.98 Å². The van der Waals surface area contributed by atoms with E-state index in [1.54, 1.807) is 6.33 Å². The summed E-state index contributed by atoms with van der Waals surface area (Å²) in [4.78, 5) is 4.26. The van der Waals surface area contributed by atoms with Crippen LogP contribution in [0.15, 0.2) is 6.33 Å². The highest BCUT2D eigenvalue weighted by molar-refractivity contribution is 7.09. The van der Waals surface area contributed by atoms with Gasteiger partial charge in [0.1, 0.15) is 6.33 Å². The van der Waals surface area contributed by atoms with Crippen LogP contribution in [-0.4, -0.2) is 15.4 Å². The van der Waals surface area contributed by atoms with E-state index in [-0.39, 0.29) is 0 Å². The number of rotatable bonds is 2. The van der Waals surface area contributed by atoms with Gasteiger partial charge in [-0.15, -0.1) is 0 Å². The number of hydrogen-bond donors (Lipinski definition) is 1. The van der Waals surface area contributed by atoms with E-state index in [4.69, 9.17) is 0 Å². The lowest BCUT2D eigenvalue weighted by molar-refractivity contribution is 0.155. The molecule has 2 saturated carbocycles. The maximum atomic E-state index is 4.26. The van der Waals surface area contributed by atoms with Crippen molar-refractivity contribution in [2.24, 2.45) is 16.7 Å². The highest BCUT2D eigenvalue weighted by atomic mass is 32.1. The molecule has 3 atom stereocenters. The Morgan fingerprint density at radius 2 is 2.25 bits per heavy atom. The van der Waals surface area contributed by atoms with Gasteiger partial charge < -0.3 is 5.32 Å². The zero-order valence-electron chi connectivity index (χ0n) is 10.2. The molecule has 0 aromatic carbocycles. The Hall–Kier alpha value is -0.640. The molecule has 1 aromatic heterocycles. The summed E-state index contributed by atoms with van der Waals surface area (Å²) in [6, 6.07) is 0.548. The summed E-state index contributed by atoms with van der Waals surface area (Å²) in [6.45, 7) is 7.24. The quantitative estimate of drug-likeness (QED) is 0.858. The normalized spacial score (nSPS) is 40.2. The number of anilines is 1. The van der Waals surface area contributed by atoms with Gasteiger partial charge in [0.2, 0.25) is 5.13 Å². The van der Waals surface area contributed by atoms with Crippen LogP contribution in [0.3, 0.4) is 0 Å². The molecule has 3 rings (SSSR count). The maximum absolute atomic E-state index is 4.26. The topological polar surface area (TPSA) is 37.8 Å². The molecule has 1 N–H and O–H groups in total. The number of nitrogens with one attached hydrogen (secondary N) is 1. The highest BCUT2D eigenvalue weighted by Crippen LogP contribution is 2.63. The van der Waals surface area contributed by atoms with E-state index in [0.717, 1.165) is 11.0 Å². The van der Waals surface area contributed by atoms with Crippen LogP contribution in [0.4, 0.5) is 5.13 Å². The van der Waals surface area contributed by atoms with Crippen LogP contribution >= 0.6 is 11.5 Å². The lowest BCUT2D eigenvalue weighted by Gasteiger charge is -2.42. The molecule has 3 unspecified atom stereocenters. The second-order valence-corrected chi connectivity index (χ2v) is 7.02. The van der Waals surface area contributed by atoms with E-state index in [1.165, 1.54) is 30.8 Å². The van der Waals surface area contributed by atoms with Crippen LogP contribution in [0.1, 0.15) is 40.0 Å². The molecular formula is C12H19N3S. The van der Waals surface area contributed by atoms with E-state index < -0.39 is 0 Å². The second-order valence-electron chi connectivity index (χ2n) is 6.24. The Bertz CT molecular complexity index is 382. The molecule has 1 heterocycles. The van der Waals surface area contributed by atoms with Crippen molar-refractivity contribution < 1.29 is 0 Å². The van der Waals surface area contributed by atoms with Crippen molar-refractivity contribution in [1.82, 2.24) is 9.36 Å². The van der Waals surface area contributed by atoms with Gasteiger partial charge in [-0.2, -0.15) is 4.37 Å². The Kier molecular flexibility index (Phi) is 2.09. The Balaban J connectivity index is 1.88. The molecule has 2 fully saturated rings. The van der Waals surface area contributed by atoms with Crippen molar-refractivity contribution >= 4 is 16.7 Å². The van der Waals surface area contributed by atoms with Crippen LogP contribution in [0.25, 0.3) is 0 Å². The van der Waals surface area contributed by atoms with E-state index in [2.05, 4.69) is 35.4 Å². The van der Waals surface area contributed by atoms with Gasteiger partial charge in [0.25, 0.3) is 0 Å². The molecule has 16 heavy (non-hydrogen) atoms. The summed E-state index contributed by atoms with van der Waals surface area (Å²) in [5.74, 6) is 0.878. The Labute approximate surface area is 101 Å². The van der Waals surface area contributed by atoms with Gasteiger partial charge in [0.05, 0.1) is 0 Å². The summed E-state index contributed by atoms with van der Waals surface area (Å²) in [5, 5.41) is 4.61. The molecule has 2 aliphatic rings. The molecule has 0 amide bonds. The molecule has 0 saturated heterocycles. The minimum atomic E-state index is 0.388. The van der Waals surface area contributed by atoms with E-state index >= 15 is 0 Å². The fourth-order valence-corrected chi connectivity index (χ4v) is 4.48. The average molecular weight is 237 g/mol. The minimum absolute atomic E-state index is 0.388. The Morgan fingerprint density at radius 3 is 2.81 bits per heavy atom. The maximum Gasteiger partial charge on any atom is 0.202 e. The van der Waals surface area contributed by atoms with Crippen LogP contribution in [0.2, 0.25) is 0 Å². The van der Waals surface area contributed by atoms with Crippen LogP contribution in [0.5, 0.6) is 0 Å². The summed E-state index contributed by atoms with van der Waals surface area (Å²) in [6.07, 6.45) is 5.77. The molecule has 2 aliphatic carbocycles. The number of nitrogens with zero attached hydrogens (tertiary/aromatic N) is 2. The highest BCUT2D eigenvalue weighted by Gasteiger charge is 2.59. The molecule has 3 nitrogen and oxygen atoms in total. The SMILES string of the molecule is CC12CCC(C1)C(C)(C)C2Nc1ncns1. The summed E-state index contributed by atoms with van der Waals surface area (Å²) in [7, 11) is 0. The van der Waals surface area contributed by atoms with E-state index in [1.807, 2.05) is 0 Å². The molecule has 88 valence electrons. The van der Waals surface area contributed by atoms with Crippen molar-refractivity contribution in [3.8, 4) is 0 Å².